The fraction of sp³-hybridized carbons (Fsp3) is 0.500. The molecule has 68 valence electrons. The van der Waals surface area contributed by atoms with Crippen LogP contribution < -0.4 is 5.32 Å². The van der Waals surface area contributed by atoms with E-state index >= 15 is 0 Å². The molecule has 0 saturated heterocycles. The summed E-state index contributed by atoms with van der Waals surface area (Å²) >= 11 is 0. The lowest BCUT2D eigenvalue weighted by atomic mass is 10.2. The third-order valence-electron chi connectivity index (χ3n) is 1.41. The summed E-state index contributed by atoms with van der Waals surface area (Å²) < 4.78 is 0. The molecule has 2 heteroatoms. The van der Waals surface area contributed by atoms with E-state index in [4.69, 9.17) is 0 Å². The van der Waals surface area contributed by atoms with Crippen molar-refractivity contribution in [3.63, 3.8) is 0 Å². The molecular formula is C10H17NO. The SMILES string of the molecule is C=CC=CCCNC(=O)C(C)C. The fourth-order valence-corrected chi connectivity index (χ4v) is 0.675. The summed E-state index contributed by atoms with van der Waals surface area (Å²) in [6.07, 6.45) is 6.45. The van der Waals surface area contributed by atoms with Crippen molar-refractivity contribution in [2.75, 3.05) is 6.54 Å². The molecule has 0 aliphatic heterocycles. The van der Waals surface area contributed by atoms with Gasteiger partial charge in [-0.1, -0.05) is 38.7 Å². The van der Waals surface area contributed by atoms with Crippen LogP contribution in [-0.4, -0.2) is 12.5 Å². The minimum absolute atomic E-state index is 0.0772. The lowest BCUT2D eigenvalue weighted by Gasteiger charge is -2.04. The number of carbonyl (C=O) groups excluding carboxylic acids is 1. The molecular weight excluding hydrogens is 150 g/mol. The van der Waals surface area contributed by atoms with Gasteiger partial charge < -0.3 is 5.32 Å². The maximum atomic E-state index is 11.0. The van der Waals surface area contributed by atoms with Gasteiger partial charge in [-0.2, -0.15) is 0 Å². The van der Waals surface area contributed by atoms with E-state index in [1.165, 1.54) is 0 Å². The lowest BCUT2D eigenvalue weighted by molar-refractivity contribution is -0.123. The number of allylic oxidation sites excluding steroid dienone is 2. The molecule has 0 rings (SSSR count). The first-order valence-corrected chi connectivity index (χ1v) is 4.23. The van der Waals surface area contributed by atoms with Crippen LogP contribution in [0.5, 0.6) is 0 Å². The molecule has 0 fully saturated rings. The van der Waals surface area contributed by atoms with Crippen molar-refractivity contribution in [2.45, 2.75) is 20.3 Å². The largest absolute Gasteiger partial charge is 0.356 e. The van der Waals surface area contributed by atoms with Crippen LogP contribution >= 0.6 is 0 Å². The van der Waals surface area contributed by atoms with Crippen LogP contribution in [0.15, 0.2) is 24.8 Å². The van der Waals surface area contributed by atoms with E-state index < -0.39 is 0 Å². The maximum absolute atomic E-state index is 11.0. The second-order valence-corrected chi connectivity index (χ2v) is 2.90. The zero-order chi connectivity index (χ0) is 9.40. The zero-order valence-electron chi connectivity index (χ0n) is 7.84. The van der Waals surface area contributed by atoms with Gasteiger partial charge in [0, 0.05) is 12.5 Å². The second-order valence-electron chi connectivity index (χ2n) is 2.90. The van der Waals surface area contributed by atoms with Crippen LogP contribution in [0.2, 0.25) is 0 Å². The number of hydrogen-bond acceptors (Lipinski definition) is 1. The Kier molecular flexibility index (Phi) is 6.07. The predicted octanol–water partition coefficient (Wildman–Crippen LogP) is 1.89. The van der Waals surface area contributed by atoms with Crippen molar-refractivity contribution in [1.82, 2.24) is 5.32 Å². The van der Waals surface area contributed by atoms with E-state index in [1.54, 1.807) is 6.08 Å². The molecule has 0 aliphatic carbocycles. The summed E-state index contributed by atoms with van der Waals surface area (Å²) in [6, 6.07) is 0. The minimum atomic E-state index is 0.0772. The Morgan fingerprint density at radius 2 is 2.25 bits per heavy atom. The van der Waals surface area contributed by atoms with Gasteiger partial charge in [-0.25, -0.2) is 0 Å². The van der Waals surface area contributed by atoms with Crippen LogP contribution in [0, 0.1) is 5.92 Å². The van der Waals surface area contributed by atoms with Crippen LogP contribution in [0.1, 0.15) is 20.3 Å². The summed E-state index contributed by atoms with van der Waals surface area (Å²) in [5.41, 5.74) is 0. The molecule has 0 aromatic heterocycles. The third-order valence-corrected chi connectivity index (χ3v) is 1.41. The fourth-order valence-electron chi connectivity index (χ4n) is 0.675. The van der Waals surface area contributed by atoms with Gasteiger partial charge in [0.15, 0.2) is 0 Å². The highest BCUT2D eigenvalue weighted by Gasteiger charge is 2.03. The third kappa shape index (κ3) is 5.71. The Bertz CT molecular complexity index is 171. The van der Waals surface area contributed by atoms with E-state index in [0.717, 1.165) is 6.42 Å². The number of hydrogen-bond donors (Lipinski definition) is 1. The summed E-state index contributed by atoms with van der Waals surface area (Å²) in [6.45, 7) is 8.02. The molecule has 0 bridgehead atoms. The Hall–Kier alpha value is -1.05. The highest BCUT2D eigenvalue weighted by Crippen LogP contribution is 1.90. The van der Waals surface area contributed by atoms with E-state index in [9.17, 15) is 4.79 Å². The van der Waals surface area contributed by atoms with Gasteiger partial charge in [-0.15, -0.1) is 0 Å². The van der Waals surface area contributed by atoms with E-state index in [-0.39, 0.29) is 11.8 Å². The van der Waals surface area contributed by atoms with Crippen molar-refractivity contribution in [2.24, 2.45) is 5.92 Å². The highest BCUT2D eigenvalue weighted by molar-refractivity contribution is 5.77. The molecule has 2 nitrogen and oxygen atoms in total. The normalized spacial score (nSPS) is 10.6. The molecule has 0 spiro atoms. The van der Waals surface area contributed by atoms with Gasteiger partial charge in [-0.05, 0) is 6.42 Å². The quantitative estimate of drug-likeness (QED) is 0.491. The summed E-state index contributed by atoms with van der Waals surface area (Å²) in [4.78, 5) is 11.0. The van der Waals surface area contributed by atoms with Gasteiger partial charge in [0.25, 0.3) is 0 Å². The average molecular weight is 167 g/mol. The van der Waals surface area contributed by atoms with Crippen molar-refractivity contribution in [1.29, 1.82) is 0 Å². The van der Waals surface area contributed by atoms with Crippen molar-refractivity contribution in [3.8, 4) is 0 Å². The number of carbonyl (C=O) groups is 1. The lowest BCUT2D eigenvalue weighted by Crippen LogP contribution is -2.28. The average Bonchev–Trinajstić information content (AvgIpc) is 2.03. The minimum Gasteiger partial charge on any atom is -0.356 e. The van der Waals surface area contributed by atoms with Gasteiger partial charge in [0.05, 0.1) is 0 Å². The Morgan fingerprint density at radius 1 is 1.58 bits per heavy atom. The topological polar surface area (TPSA) is 29.1 Å². The highest BCUT2D eigenvalue weighted by atomic mass is 16.1. The molecule has 1 amide bonds. The van der Waals surface area contributed by atoms with Gasteiger partial charge in [-0.3, -0.25) is 4.79 Å². The summed E-state index contributed by atoms with van der Waals surface area (Å²) in [7, 11) is 0. The molecule has 12 heavy (non-hydrogen) atoms. The van der Waals surface area contributed by atoms with Gasteiger partial charge in [0.1, 0.15) is 0 Å². The Labute approximate surface area is 74.4 Å². The summed E-state index contributed by atoms with van der Waals surface area (Å²) in [5, 5.41) is 2.82. The molecule has 0 aliphatic rings. The van der Waals surface area contributed by atoms with E-state index in [2.05, 4.69) is 11.9 Å². The van der Waals surface area contributed by atoms with Gasteiger partial charge in [0.2, 0.25) is 5.91 Å². The first-order chi connectivity index (χ1) is 5.68. The number of amides is 1. The molecule has 0 saturated carbocycles. The first-order valence-electron chi connectivity index (χ1n) is 4.23. The van der Waals surface area contributed by atoms with Crippen LogP contribution in [0.25, 0.3) is 0 Å². The van der Waals surface area contributed by atoms with Crippen LogP contribution in [-0.2, 0) is 4.79 Å². The smallest absolute Gasteiger partial charge is 0.222 e. The van der Waals surface area contributed by atoms with Crippen molar-refractivity contribution < 1.29 is 4.79 Å². The van der Waals surface area contributed by atoms with E-state index in [0.29, 0.717) is 6.54 Å². The molecule has 0 radical (unpaired) electrons. The van der Waals surface area contributed by atoms with Crippen molar-refractivity contribution in [3.05, 3.63) is 24.8 Å². The Morgan fingerprint density at radius 3 is 2.75 bits per heavy atom. The predicted molar refractivity (Wildman–Crippen MR) is 51.8 cm³/mol. The Balaban J connectivity index is 3.37. The standard InChI is InChI=1S/C10H17NO/c1-4-5-6-7-8-11-10(12)9(2)3/h4-6,9H,1,7-8H2,2-3H3,(H,11,12). The zero-order valence-corrected chi connectivity index (χ0v) is 7.84. The monoisotopic (exact) mass is 167 g/mol. The molecule has 0 atom stereocenters. The van der Waals surface area contributed by atoms with Crippen molar-refractivity contribution >= 4 is 5.91 Å². The molecule has 0 heterocycles. The van der Waals surface area contributed by atoms with Crippen LogP contribution in [0.3, 0.4) is 0 Å². The van der Waals surface area contributed by atoms with E-state index in [1.807, 2.05) is 26.0 Å². The molecule has 0 aromatic rings. The number of rotatable bonds is 5. The molecule has 1 N–H and O–H groups in total. The number of nitrogens with one attached hydrogen (secondary N) is 1. The second kappa shape index (κ2) is 6.65. The first kappa shape index (κ1) is 11.0. The molecule has 0 aromatic carbocycles. The molecule has 0 unspecified atom stereocenters. The maximum Gasteiger partial charge on any atom is 0.222 e. The van der Waals surface area contributed by atoms with Crippen LogP contribution in [0.4, 0.5) is 0 Å². The van der Waals surface area contributed by atoms with Gasteiger partial charge >= 0.3 is 0 Å². The summed E-state index contributed by atoms with van der Waals surface area (Å²) in [5.74, 6) is 0.190.